The van der Waals surface area contributed by atoms with E-state index in [1.807, 2.05) is 0 Å². The van der Waals surface area contributed by atoms with Gasteiger partial charge in [-0.1, -0.05) is 40.5 Å². The first-order chi connectivity index (χ1) is 5.61. The second kappa shape index (κ2) is 2.49. The summed E-state index contributed by atoms with van der Waals surface area (Å²) in [7, 11) is 0. The Labute approximate surface area is 76.7 Å². The maximum Gasteiger partial charge on any atom is -0.0261 e. The van der Waals surface area contributed by atoms with Crippen molar-refractivity contribution < 1.29 is 0 Å². The van der Waals surface area contributed by atoms with Gasteiger partial charge in [-0.05, 0) is 35.5 Å². The van der Waals surface area contributed by atoms with E-state index >= 15 is 0 Å². The van der Waals surface area contributed by atoms with Crippen LogP contribution in [0.5, 0.6) is 0 Å². The van der Waals surface area contributed by atoms with E-state index < -0.39 is 0 Å². The van der Waals surface area contributed by atoms with Crippen LogP contribution in [0.2, 0.25) is 0 Å². The first kappa shape index (κ1) is 8.59. The van der Waals surface area contributed by atoms with Crippen molar-refractivity contribution in [3.8, 4) is 0 Å². The predicted octanol–water partition coefficient (Wildman–Crippen LogP) is 3.71. The highest BCUT2D eigenvalue weighted by molar-refractivity contribution is 5.12. The number of rotatable bonds is 3. The van der Waals surface area contributed by atoms with Crippen molar-refractivity contribution in [2.75, 3.05) is 0 Å². The maximum atomic E-state index is 2.53. The van der Waals surface area contributed by atoms with Gasteiger partial charge in [0.05, 0.1) is 0 Å². The zero-order valence-electron chi connectivity index (χ0n) is 8.93. The first-order valence-corrected chi connectivity index (χ1v) is 5.61. The van der Waals surface area contributed by atoms with Crippen LogP contribution in [0.25, 0.3) is 0 Å². The lowest BCUT2D eigenvalue weighted by molar-refractivity contribution is 0.391. The zero-order chi connectivity index (χ0) is 8.93. The van der Waals surface area contributed by atoms with Gasteiger partial charge in [0.25, 0.3) is 0 Å². The van der Waals surface area contributed by atoms with Crippen LogP contribution in [-0.2, 0) is 0 Å². The van der Waals surface area contributed by atoms with E-state index in [1.165, 1.54) is 19.3 Å². The number of hydrogen-bond acceptors (Lipinski definition) is 0. The summed E-state index contributed by atoms with van der Waals surface area (Å²) in [5.74, 6) is 4.21. The van der Waals surface area contributed by atoms with Crippen molar-refractivity contribution >= 4 is 0 Å². The van der Waals surface area contributed by atoms with Crippen LogP contribution in [0.4, 0.5) is 0 Å². The van der Waals surface area contributed by atoms with E-state index in [2.05, 4.69) is 27.7 Å². The summed E-state index contributed by atoms with van der Waals surface area (Å²) in [6, 6.07) is 0. The lowest BCUT2D eigenvalue weighted by Gasteiger charge is -2.09. The molecule has 12 heavy (non-hydrogen) atoms. The molecule has 0 heterocycles. The summed E-state index contributed by atoms with van der Waals surface area (Å²) in [5, 5.41) is 0. The van der Waals surface area contributed by atoms with Gasteiger partial charge in [-0.25, -0.2) is 0 Å². The summed E-state index contributed by atoms with van der Waals surface area (Å²) in [4.78, 5) is 0. The van der Waals surface area contributed by atoms with Crippen molar-refractivity contribution in [1.29, 1.82) is 0 Å². The van der Waals surface area contributed by atoms with E-state index in [-0.39, 0.29) is 0 Å². The second-order valence-electron chi connectivity index (χ2n) is 5.44. The predicted molar refractivity (Wildman–Crippen MR) is 52.9 cm³/mol. The summed E-state index contributed by atoms with van der Waals surface area (Å²) in [6.07, 6.45) is 4.39. The molecule has 4 unspecified atom stereocenters. The minimum atomic E-state index is 0.773. The summed E-state index contributed by atoms with van der Waals surface area (Å²) < 4.78 is 0. The lowest BCUT2D eigenvalue weighted by Crippen LogP contribution is -2.03. The third kappa shape index (κ3) is 1.03. The van der Waals surface area contributed by atoms with E-state index in [0.717, 1.165) is 29.1 Å². The Morgan fingerprint density at radius 1 is 1.25 bits per heavy atom. The average molecular weight is 166 g/mol. The van der Waals surface area contributed by atoms with Gasteiger partial charge in [0.15, 0.2) is 0 Å². The highest BCUT2D eigenvalue weighted by atomic mass is 14.7. The molecule has 70 valence electrons. The fraction of sp³-hybridized carbons (Fsp3) is 1.00. The third-order valence-corrected chi connectivity index (χ3v) is 4.68. The Morgan fingerprint density at radius 3 is 2.25 bits per heavy atom. The molecule has 0 aromatic rings. The van der Waals surface area contributed by atoms with Crippen molar-refractivity contribution in [1.82, 2.24) is 0 Å². The Bertz CT molecular complexity index is 176. The lowest BCUT2D eigenvalue weighted by atomic mass is 9.95. The normalized spacial score (nSPS) is 57.0. The molecule has 0 amide bonds. The summed E-state index contributed by atoms with van der Waals surface area (Å²) in [5.41, 5.74) is 0.773. The molecule has 0 aromatic carbocycles. The van der Waals surface area contributed by atoms with Crippen LogP contribution in [0.3, 0.4) is 0 Å². The van der Waals surface area contributed by atoms with Gasteiger partial charge in [0, 0.05) is 0 Å². The quantitative estimate of drug-likeness (QED) is 0.599. The monoisotopic (exact) mass is 166 g/mol. The Morgan fingerprint density at radius 2 is 1.83 bits per heavy atom. The third-order valence-electron chi connectivity index (χ3n) is 4.68. The van der Waals surface area contributed by atoms with Gasteiger partial charge in [-0.2, -0.15) is 0 Å². The summed E-state index contributed by atoms with van der Waals surface area (Å²) >= 11 is 0. The molecule has 0 radical (unpaired) electrons. The fourth-order valence-electron chi connectivity index (χ4n) is 3.52. The topological polar surface area (TPSA) is 0 Å². The van der Waals surface area contributed by atoms with E-state index in [1.54, 1.807) is 0 Å². The van der Waals surface area contributed by atoms with Crippen LogP contribution in [-0.4, -0.2) is 0 Å². The highest BCUT2D eigenvalue weighted by Gasteiger charge is 2.64. The van der Waals surface area contributed by atoms with Crippen molar-refractivity contribution in [3.05, 3.63) is 0 Å². The molecule has 4 atom stereocenters. The van der Waals surface area contributed by atoms with E-state index in [9.17, 15) is 0 Å². The van der Waals surface area contributed by atoms with Gasteiger partial charge >= 0.3 is 0 Å². The largest absolute Gasteiger partial charge is 0.0654 e. The van der Waals surface area contributed by atoms with Crippen molar-refractivity contribution in [2.45, 2.75) is 47.0 Å². The van der Waals surface area contributed by atoms with Crippen LogP contribution in [0.1, 0.15) is 47.0 Å². The minimum absolute atomic E-state index is 0.773. The molecule has 2 aliphatic carbocycles. The fourth-order valence-corrected chi connectivity index (χ4v) is 3.52. The molecule has 0 nitrogen and oxygen atoms in total. The minimum Gasteiger partial charge on any atom is -0.0654 e. The maximum absolute atomic E-state index is 2.53. The van der Waals surface area contributed by atoms with Crippen LogP contribution in [0.15, 0.2) is 0 Å². The second-order valence-corrected chi connectivity index (χ2v) is 5.44. The summed E-state index contributed by atoms with van der Waals surface area (Å²) in [6.45, 7) is 9.71. The van der Waals surface area contributed by atoms with Crippen LogP contribution < -0.4 is 0 Å². The molecule has 2 rings (SSSR count). The van der Waals surface area contributed by atoms with Gasteiger partial charge in [0.2, 0.25) is 0 Å². The molecule has 0 bridgehead atoms. The molecular formula is C12H22. The van der Waals surface area contributed by atoms with Crippen molar-refractivity contribution in [2.24, 2.45) is 29.1 Å². The van der Waals surface area contributed by atoms with Crippen molar-refractivity contribution in [3.63, 3.8) is 0 Å². The molecule has 0 aliphatic heterocycles. The van der Waals surface area contributed by atoms with Gasteiger partial charge in [-0.15, -0.1) is 0 Å². The highest BCUT2D eigenvalue weighted by Crippen LogP contribution is 2.70. The molecule has 0 spiro atoms. The molecule has 2 aliphatic rings. The SMILES string of the molecule is CCCC1CC1(C)C1C(C)C1C. The first-order valence-electron chi connectivity index (χ1n) is 5.61. The van der Waals surface area contributed by atoms with Gasteiger partial charge in [0.1, 0.15) is 0 Å². The molecule has 2 saturated carbocycles. The zero-order valence-corrected chi connectivity index (χ0v) is 8.93. The van der Waals surface area contributed by atoms with E-state index in [0.29, 0.717) is 0 Å². The standard InChI is InChI=1S/C12H22/c1-5-6-10-7-12(10,4)11-8(2)9(11)3/h8-11H,5-7H2,1-4H3. The Balaban J connectivity index is 1.90. The average Bonchev–Trinajstić information content (AvgIpc) is 2.79. The molecule has 2 fully saturated rings. The van der Waals surface area contributed by atoms with E-state index in [4.69, 9.17) is 0 Å². The van der Waals surface area contributed by atoms with Crippen LogP contribution in [0, 0.1) is 29.1 Å². The number of hydrogen-bond donors (Lipinski definition) is 0. The Hall–Kier alpha value is 0. The smallest absolute Gasteiger partial charge is 0.0261 e. The van der Waals surface area contributed by atoms with Crippen LogP contribution >= 0.6 is 0 Å². The molecule has 0 heteroatoms. The molecule has 0 aromatic heterocycles. The molecule has 0 saturated heterocycles. The molecular weight excluding hydrogens is 144 g/mol. The Kier molecular flexibility index (Phi) is 1.79. The molecule has 0 N–H and O–H groups in total. The van der Waals surface area contributed by atoms with Gasteiger partial charge < -0.3 is 0 Å². The van der Waals surface area contributed by atoms with Gasteiger partial charge in [-0.3, -0.25) is 0 Å².